The first-order valence-electron chi connectivity index (χ1n) is 11.5. The van der Waals surface area contributed by atoms with E-state index in [1.54, 1.807) is 0 Å². The fourth-order valence-electron chi connectivity index (χ4n) is 4.84. The van der Waals surface area contributed by atoms with E-state index in [2.05, 4.69) is 56.7 Å². The van der Waals surface area contributed by atoms with E-state index in [9.17, 15) is 0 Å². The molecule has 4 heterocycles. The number of pyridine rings is 2. The molecule has 8 heteroatoms. The van der Waals surface area contributed by atoms with Crippen molar-refractivity contribution in [1.29, 1.82) is 5.26 Å². The van der Waals surface area contributed by atoms with Gasteiger partial charge in [0.1, 0.15) is 11.6 Å². The Bertz CT molecular complexity index is 1070. The van der Waals surface area contributed by atoms with Crippen LogP contribution in [0.3, 0.4) is 0 Å². The van der Waals surface area contributed by atoms with Crippen molar-refractivity contribution in [1.82, 2.24) is 25.1 Å². The number of nitrogens with one attached hydrogen (secondary N) is 3. The number of fused-ring (bicyclic) bond motifs is 1. The summed E-state index contributed by atoms with van der Waals surface area (Å²) in [5, 5.41) is 24.4. The summed E-state index contributed by atoms with van der Waals surface area (Å²) in [7, 11) is 0. The van der Waals surface area contributed by atoms with E-state index in [4.69, 9.17) is 10.2 Å². The van der Waals surface area contributed by atoms with Gasteiger partial charge in [0.15, 0.2) is 5.82 Å². The van der Waals surface area contributed by atoms with Gasteiger partial charge in [-0.1, -0.05) is 13.8 Å². The second-order valence-corrected chi connectivity index (χ2v) is 8.57. The highest BCUT2D eigenvalue weighted by molar-refractivity contribution is 5.91. The standard InChI is InChI=1S/C24H32N8/c1-4-18-13-17(14-19(5-2)32(18)11-7-9-25)27-24-20-8-6-10-26-21(20)15-22(29-24)28-23-12-16(3)30-31-23/h6,8,10,12,15,17-19H,4-5,7,11,13-14H2,1-3H3,(H3,27,28,29,30,31). The SMILES string of the molecule is CCC1CC(Nc2nc(Nc3cc(C)[nH]n3)cc3ncccc23)CC(CC)N1CCC#N. The van der Waals surface area contributed by atoms with Crippen molar-refractivity contribution in [3.63, 3.8) is 0 Å². The topological polar surface area (TPSA) is 106 Å². The number of anilines is 3. The minimum Gasteiger partial charge on any atom is -0.367 e. The van der Waals surface area contributed by atoms with Crippen LogP contribution in [0, 0.1) is 18.3 Å². The lowest BCUT2D eigenvalue weighted by Gasteiger charge is -2.45. The fraction of sp³-hybridized carbons (Fsp3) is 0.500. The number of hydrogen-bond donors (Lipinski definition) is 3. The van der Waals surface area contributed by atoms with Gasteiger partial charge in [0.2, 0.25) is 0 Å². The van der Waals surface area contributed by atoms with E-state index in [1.165, 1.54) is 0 Å². The number of piperidine rings is 1. The van der Waals surface area contributed by atoms with Crippen molar-refractivity contribution in [3.8, 4) is 6.07 Å². The summed E-state index contributed by atoms with van der Waals surface area (Å²) in [6, 6.07) is 11.5. The Morgan fingerprint density at radius 2 is 1.97 bits per heavy atom. The molecule has 3 N–H and O–H groups in total. The summed E-state index contributed by atoms with van der Waals surface area (Å²) in [5.74, 6) is 2.31. The van der Waals surface area contributed by atoms with Crippen LogP contribution in [0.1, 0.15) is 51.6 Å². The molecule has 2 atom stereocenters. The Kier molecular flexibility index (Phi) is 6.86. The molecular formula is C24H32N8. The van der Waals surface area contributed by atoms with Crippen LogP contribution in [-0.4, -0.2) is 49.7 Å². The van der Waals surface area contributed by atoms with Crippen molar-refractivity contribution >= 4 is 28.4 Å². The van der Waals surface area contributed by atoms with E-state index in [0.29, 0.717) is 24.5 Å². The van der Waals surface area contributed by atoms with Gasteiger partial charge in [0.05, 0.1) is 11.6 Å². The molecular weight excluding hydrogens is 400 g/mol. The van der Waals surface area contributed by atoms with Gasteiger partial charge < -0.3 is 10.6 Å². The lowest BCUT2D eigenvalue weighted by Crippen LogP contribution is -2.52. The average molecular weight is 433 g/mol. The first kappa shape index (κ1) is 22.0. The number of aromatic nitrogens is 4. The van der Waals surface area contributed by atoms with Gasteiger partial charge in [0, 0.05) is 60.5 Å². The Hall–Kier alpha value is -3.18. The molecule has 1 aliphatic heterocycles. The Balaban J connectivity index is 1.59. The number of hydrogen-bond acceptors (Lipinski definition) is 7. The van der Waals surface area contributed by atoms with Crippen molar-refractivity contribution in [2.24, 2.45) is 0 Å². The number of likely N-dealkylation sites (tertiary alicyclic amines) is 1. The van der Waals surface area contributed by atoms with Crippen molar-refractivity contribution in [2.45, 2.75) is 71.0 Å². The molecule has 1 saturated heterocycles. The van der Waals surface area contributed by atoms with Crippen molar-refractivity contribution in [3.05, 3.63) is 36.2 Å². The molecule has 0 aromatic carbocycles. The molecule has 0 aliphatic carbocycles. The quantitative estimate of drug-likeness (QED) is 0.471. The third-order valence-electron chi connectivity index (χ3n) is 6.38. The molecule has 4 rings (SSSR count). The molecule has 0 radical (unpaired) electrons. The van der Waals surface area contributed by atoms with Crippen molar-refractivity contribution in [2.75, 3.05) is 17.2 Å². The largest absolute Gasteiger partial charge is 0.367 e. The van der Waals surface area contributed by atoms with Crippen LogP contribution in [0.4, 0.5) is 17.5 Å². The van der Waals surface area contributed by atoms with Gasteiger partial charge in [0.25, 0.3) is 0 Å². The first-order chi connectivity index (χ1) is 15.6. The zero-order valence-electron chi connectivity index (χ0n) is 19.1. The molecule has 32 heavy (non-hydrogen) atoms. The predicted molar refractivity (Wildman–Crippen MR) is 128 cm³/mol. The summed E-state index contributed by atoms with van der Waals surface area (Å²) in [6.45, 7) is 7.31. The van der Waals surface area contributed by atoms with E-state index in [-0.39, 0.29) is 0 Å². The smallest absolute Gasteiger partial charge is 0.153 e. The maximum atomic E-state index is 9.08. The van der Waals surface area contributed by atoms with Gasteiger partial charge in [-0.2, -0.15) is 10.4 Å². The Labute approximate surface area is 189 Å². The van der Waals surface area contributed by atoms with E-state index < -0.39 is 0 Å². The van der Waals surface area contributed by atoms with Crippen LogP contribution in [0.2, 0.25) is 0 Å². The third-order valence-corrected chi connectivity index (χ3v) is 6.38. The van der Waals surface area contributed by atoms with E-state index in [0.717, 1.165) is 66.3 Å². The molecule has 3 aromatic heterocycles. The highest BCUT2D eigenvalue weighted by atomic mass is 15.2. The second kappa shape index (κ2) is 9.96. The van der Waals surface area contributed by atoms with E-state index in [1.807, 2.05) is 31.3 Å². The van der Waals surface area contributed by atoms with Crippen LogP contribution in [0.25, 0.3) is 10.9 Å². The molecule has 0 amide bonds. The maximum absolute atomic E-state index is 9.08. The molecule has 2 unspecified atom stereocenters. The van der Waals surface area contributed by atoms with E-state index >= 15 is 0 Å². The van der Waals surface area contributed by atoms with Crippen LogP contribution < -0.4 is 10.6 Å². The summed E-state index contributed by atoms with van der Waals surface area (Å²) >= 11 is 0. The number of H-pyrrole nitrogens is 1. The summed E-state index contributed by atoms with van der Waals surface area (Å²) in [4.78, 5) is 12.0. The molecule has 0 spiro atoms. The minimum atomic E-state index is 0.321. The monoisotopic (exact) mass is 432 g/mol. The number of nitrogens with zero attached hydrogens (tertiary/aromatic N) is 5. The van der Waals surface area contributed by atoms with Crippen LogP contribution in [0.5, 0.6) is 0 Å². The Morgan fingerprint density at radius 1 is 1.19 bits per heavy atom. The molecule has 1 aliphatic rings. The van der Waals surface area contributed by atoms with Crippen LogP contribution in [-0.2, 0) is 0 Å². The first-order valence-corrected chi connectivity index (χ1v) is 11.5. The number of aryl methyl sites for hydroxylation is 1. The lowest BCUT2D eigenvalue weighted by atomic mass is 9.88. The summed E-state index contributed by atoms with van der Waals surface area (Å²) < 4.78 is 0. The lowest BCUT2D eigenvalue weighted by molar-refractivity contribution is 0.0735. The summed E-state index contributed by atoms with van der Waals surface area (Å²) in [5.41, 5.74) is 1.88. The molecule has 3 aromatic rings. The molecule has 0 bridgehead atoms. The normalized spacial score (nSPS) is 21.4. The van der Waals surface area contributed by atoms with Gasteiger partial charge >= 0.3 is 0 Å². The zero-order valence-corrected chi connectivity index (χ0v) is 19.1. The maximum Gasteiger partial charge on any atom is 0.153 e. The average Bonchev–Trinajstić information content (AvgIpc) is 3.21. The number of nitriles is 1. The van der Waals surface area contributed by atoms with Gasteiger partial charge in [-0.25, -0.2) is 4.98 Å². The minimum absolute atomic E-state index is 0.321. The van der Waals surface area contributed by atoms with Crippen LogP contribution >= 0.6 is 0 Å². The highest BCUT2D eigenvalue weighted by Crippen LogP contribution is 2.31. The van der Waals surface area contributed by atoms with Crippen molar-refractivity contribution < 1.29 is 0 Å². The number of rotatable bonds is 8. The number of aromatic amines is 1. The zero-order chi connectivity index (χ0) is 22.5. The van der Waals surface area contributed by atoms with Gasteiger partial charge in [-0.15, -0.1) is 0 Å². The van der Waals surface area contributed by atoms with Gasteiger partial charge in [-0.05, 0) is 44.7 Å². The third kappa shape index (κ3) is 4.83. The molecule has 8 nitrogen and oxygen atoms in total. The van der Waals surface area contributed by atoms with Gasteiger partial charge in [-0.3, -0.25) is 15.0 Å². The molecule has 0 saturated carbocycles. The fourth-order valence-corrected chi connectivity index (χ4v) is 4.84. The second-order valence-electron chi connectivity index (χ2n) is 8.57. The predicted octanol–water partition coefficient (Wildman–Crippen LogP) is 4.75. The summed E-state index contributed by atoms with van der Waals surface area (Å²) in [6.07, 6.45) is 6.63. The highest BCUT2D eigenvalue weighted by Gasteiger charge is 2.33. The Morgan fingerprint density at radius 3 is 2.62 bits per heavy atom. The molecule has 168 valence electrons. The van der Waals surface area contributed by atoms with Crippen LogP contribution in [0.15, 0.2) is 30.5 Å². The molecule has 1 fully saturated rings.